The van der Waals surface area contributed by atoms with Crippen LogP contribution < -0.4 is 5.32 Å². The van der Waals surface area contributed by atoms with E-state index in [1.54, 1.807) is 0 Å². The zero-order valence-electron chi connectivity index (χ0n) is 23.9. The molecule has 8 rings (SSSR count). The van der Waals surface area contributed by atoms with Crippen LogP contribution in [0.4, 0.5) is 5.82 Å². The Morgan fingerprint density at radius 3 is 1.73 bits per heavy atom. The largest absolute Gasteiger partial charge is 0.359 e. The summed E-state index contributed by atoms with van der Waals surface area (Å²) in [6.07, 6.45) is 2.27. The zero-order valence-corrected chi connectivity index (χ0v) is 23.9. The molecule has 0 amide bonds. The SMILES string of the molecule is C1=C(c2cc3ccc(-c4ccccc4)nc3nc2-c2ccccc2)C(c2ccccc2)Nc2nc(-c3ccccc3)ccc21. The van der Waals surface area contributed by atoms with Gasteiger partial charge in [0.25, 0.3) is 0 Å². The molecule has 0 fully saturated rings. The average Bonchev–Trinajstić information content (AvgIpc) is 3.11. The lowest BCUT2D eigenvalue weighted by Crippen LogP contribution is -2.19. The number of nitrogens with zero attached hydrogens (tertiary/aromatic N) is 3. The molecule has 1 atom stereocenters. The highest BCUT2D eigenvalue weighted by Gasteiger charge is 2.27. The molecule has 4 heterocycles. The molecule has 1 unspecified atom stereocenters. The molecule has 1 aliphatic rings. The van der Waals surface area contributed by atoms with E-state index in [-0.39, 0.29) is 6.04 Å². The summed E-state index contributed by atoms with van der Waals surface area (Å²) in [4.78, 5) is 15.3. The monoisotopic (exact) mass is 564 g/mol. The molecule has 4 heteroatoms. The van der Waals surface area contributed by atoms with E-state index in [9.17, 15) is 0 Å². The summed E-state index contributed by atoms with van der Waals surface area (Å²) >= 11 is 0. The van der Waals surface area contributed by atoms with Crippen molar-refractivity contribution in [3.05, 3.63) is 168 Å². The second-order valence-corrected chi connectivity index (χ2v) is 10.9. The third-order valence-corrected chi connectivity index (χ3v) is 8.14. The number of aromatic nitrogens is 3. The Kier molecular flexibility index (Phi) is 6.50. The van der Waals surface area contributed by atoms with E-state index in [1.807, 2.05) is 42.5 Å². The van der Waals surface area contributed by atoms with Crippen LogP contribution in [0.5, 0.6) is 0 Å². The van der Waals surface area contributed by atoms with Crippen molar-refractivity contribution in [2.45, 2.75) is 6.04 Å². The van der Waals surface area contributed by atoms with E-state index in [1.165, 1.54) is 0 Å². The number of pyridine rings is 3. The van der Waals surface area contributed by atoms with Crippen molar-refractivity contribution in [3.8, 4) is 33.8 Å². The predicted octanol–water partition coefficient (Wildman–Crippen LogP) is 9.73. The zero-order chi connectivity index (χ0) is 29.3. The number of benzene rings is 4. The number of nitrogens with one attached hydrogen (secondary N) is 1. The number of rotatable bonds is 5. The first kappa shape index (κ1) is 25.8. The average molecular weight is 565 g/mol. The van der Waals surface area contributed by atoms with Crippen molar-refractivity contribution in [1.29, 1.82) is 0 Å². The van der Waals surface area contributed by atoms with Crippen LogP contribution in [-0.4, -0.2) is 15.0 Å². The van der Waals surface area contributed by atoms with Gasteiger partial charge >= 0.3 is 0 Å². The molecular formula is C40H28N4. The molecule has 4 nitrogen and oxygen atoms in total. The van der Waals surface area contributed by atoms with Crippen molar-refractivity contribution >= 4 is 28.5 Å². The summed E-state index contributed by atoms with van der Waals surface area (Å²) in [6, 6.07) is 52.1. The molecule has 1 N–H and O–H groups in total. The molecule has 0 radical (unpaired) electrons. The minimum atomic E-state index is -0.125. The fourth-order valence-corrected chi connectivity index (χ4v) is 5.94. The van der Waals surface area contributed by atoms with Gasteiger partial charge in [-0.15, -0.1) is 0 Å². The fourth-order valence-electron chi connectivity index (χ4n) is 5.94. The van der Waals surface area contributed by atoms with Gasteiger partial charge in [0, 0.05) is 33.2 Å². The second kappa shape index (κ2) is 11.1. The Morgan fingerprint density at radius 1 is 0.500 bits per heavy atom. The molecule has 7 aromatic rings. The van der Waals surface area contributed by atoms with Gasteiger partial charge in [-0.1, -0.05) is 121 Å². The highest BCUT2D eigenvalue weighted by atomic mass is 15.0. The molecule has 0 saturated carbocycles. The van der Waals surface area contributed by atoms with E-state index >= 15 is 0 Å². The van der Waals surface area contributed by atoms with Gasteiger partial charge in [-0.3, -0.25) is 0 Å². The van der Waals surface area contributed by atoms with Gasteiger partial charge in [0.15, 0.2) is 5.65 Å². The summed E-state index contributed by atoms with van der Waals surface area (Å²) < 4.78 is 0. The Hall–Kier alpha value is -5.87. The van der Waals surface area contributed by atoms with Crippen molar-refractivity contribution in [3.63, 3.8) is 0 Å². The molecule has 0 saturated heterocycles. The summed E-state index contributed by atoms with van der Waals surface area (Å²) in [6.45, 7) is 0. The Balaban J connectivity index is 1.33. The van der Waals surface area contributed by atoms with E-state index in [0.717, 1.165) is 72.9 Å². The summed E-state index contributed by atoms with van der Waals surface area (Å²) in [5.41, 5.74) is 11.1. The van der Waals surface area contributed by atoms with Crippen molar-refractivity contribution in [2.75, 3.05) is 5.32 Å². The van der Waals surface area contributed by atoms with Crippen molar-refractivity contribution < 1.29 is 0 Å². The number of anilines is 1. The first-order valence-corrected chi connectivity index (χ1v) is 14.8. The minimum Gasteiger partial charge on any atom is -0.359 e. The summed E-state index contributed by atoms with van der Waals surface area (Å²) in [7, 11) is 0. The molecule has 0 spiro atoms. The molecular weight excluding hydrogens is 536 g/mol. The summed E-state index contributed by atoms with van der Waals surface area (Å²) in [5.74, 6) is 0.869. The quantitative estimate of drug-likeness (QED) is 0.226. The van der Waals surface area contributed by atoms with Gasteiger partial charge in [-0.05, 0) is 47.5 Å². The van der Waals surface area contributed by atoms with Gasteiger partial charge in [-0.25, -0.2) is 15.0 Å². The molecule has 0 aliphatic carbocycles. The normalized spacial score (nSPS) is 14.0. The smallest absolute Gasteiger partial charge is 0.160 e. The second-order valence-electron chi connectivity index (χ2n) is 10.9. The van der Waals surface area contributed by atoms with Gasteiger partial charge in [0.1, 0.15) is 5.82 Å². The molecule has 1 aliphatic heterocycles. The number of hydrogen-bond acceptors (Lipinski definition) is 4. The lowest BCUT2D eigenvalue weighted by Gasteiger charge is -2.30. The van der Waals surface area contributed by atoms with Crippen molar-refractivity contribution in [1.82, 2.24) is 15.0 Å². The van der Waals surface area contributed by atoms with Crippen molar-refractivity contribution in [2.24, 2.45) is 0 Å². The third-order valence-electron chi connectivity index (χ3n) is 8.14. The standard InChI is InChI=1S/C40H28N4/c1-5-13-27(14-6-1)35-23-21-31-25-33(37(43-39(31)41-35)29-17-9-3-10-18-29)34-26-32-22-24-36(28-15-7-2-8-16-28)42-40(32)44-38(34)30-19-11-4-12-20-30/h1-26,37H,(H,41,43). The van der Waals surface area contributed by atoms with Crippen LogP contribution in [0.3, 0.4) is 0 Å². The van der Waals surface area contributed by atoms with Gasteiger partial charge in [0.2, 0.25) is 0 Å². The summed E-state index contributed by atoms with van der Waals surface area (Å²) in [5, 5.41) is 4.80. The van der Waals surface area contributed by atoms with E-state index < -0.39 is 0 Å². The maximum absolute atomic E-state index is 5.25. The molecule has 44 heavy (non-hydrogen) atoms. The maximum atomic E-state index is 5.25. The van der Waals surface area contributed by atoms with Gasteiger partial charge < -0.3 is 5.32 Å². The van der Waals surface area contributed by atoms with E-state index in [2.05, 4.69) is 121 Å². The molecule has 208 valence electrons. The first-order chi connectivity index (χ1) is 21.8. The Labute approximate surface area is 256 Å². The topological polar surface area (TPSA) is 50.7 Å². The lowest BCUT2D eigenvalue weighted by atomic mass is 9.86. The predicted molar refractivity (Wildman–Crippen MR) is 181 cm³/mol. The van der Waals surface area contributed by atoms with Crippen LogP contribution in [0, 0.1) is 0 Å². The van der Waals surface area contributed by atoms with E-state index in [4.69, 9.17) is 15.0 Å². The Morgan fingerprint density at radius 2 is 1.07 bits per heavy atom. The van der Waals surface area contributed by atoms with Gasteiger partial charge in [0.05, 0.1) is 23.1 Å². The van der Waals surface area contributed by atoms with Crippen LogP contribution in [0.1, 0.15) is 22.7 Å². The van der Waals surface area contributed by atoms with Gasteiger partial charge in [-0.2, -0.15) is 0 Å². The van der Waals surface area contributed by atoms with Crippen LogP contribution in [-0.2, 0) is 0 Å². The fraction of sp³-hybridized carbons (Fsp3) is 0.0250. The van der Waals surface area contributed by atoms with Crippen LogP contribution in [0.2, 0.25) is 0 Å². The molecule has 3 aromatic heterocycles. The first-order valence-electron chi connectivity index (χ1n) is 14.8. The van der Waals surface area contributed by atoms with Crippen LogP contribution in [0.15, 0.2) is 152 Å². The number of hydrogen-bond donors (Lipinski definition) is 1. The van der Waals surface area contributed by atoms with Crippen LogP contribution >= 0.6 is 0 Å². The molecule has 4 aromatic carbocycles. The lowest BCUT2D eigenvalue weighted by molar-refractivity contribution is 0.979. The highest BCUT2D eigenvalue weighted by molar-refractivity contribution is 5.99. The Bertz CT molecular complexity index is 2120. The van der Waals surface area contributed by atoms with Crippen LogP contribution in [0.25, 0.3) is 56.5 Å². The van der Waals surface area contributed by atoms with E-state index in [0.29, 0.717) is 0 Å². The maximum Gasteiger partial charge on any atom is 0.160 e. The number of fused-ring (bicyclic) bond motifs is 2. The third kappa shape index (κ3) is 4.83. The molecule has 0 bridgehead atoms. The highest BCUT2D eigenvalue weighted by Crippen LogP contribution is 2.44. The minimum absolute atomic E-state index is 0.125.